The molecular weight excluding hydrogens is 1290 g/mol. The smallest absolute Gasteiger partial charge is 0.201 e. The van der Waals surface area contributed by atoms with Crippen LogP contribution in [0.25, 0.3) is 0 Å². The SMILES string of the molecule is O=C(c1cc(O)c(O)c(O)c1)c1cc(O)c(O)c(O)c1.O=C(c1cc(O)c(O)cc1O)c1cc(O)c(O)cc1O.O=C(c1ccc(O)c(O)c1)c1ccc(O)c(O)c1.O=C(c1ccc(O)c(O)c1)c1ccc(O)c(O)c1O.O=C(c1ccc(O)c(O)c1O)c1ccc(O)c(O)c1O. The summed E-state index contributed by atoms with van der Waals surface area (Å²) in [7, 11) is 0. The first-order valence-corrected chi connectivity index (χ1v) is 26.4. The van der Waals surface area contributed by atoms with Crippen LogP contribution in [0.5, 0.6) is 155 Å². The van der Waals surface area contributed by atoms with Crippen LogP contribution in [0.1, 0.15) is 79.6 Å². The number of hydrogen-bond donors (Lipinski definition) is 27. The van der Waals surface area contributed by atoms with E-state index in [1.54, 1.807) is 0 Å². The van der Waals surface area contributed by atoms with E-state index in [4.69, 9.17) is 40.9 Å². The van der Waals surface area contributed by atoms with Gasteiger partial charge in [0.15, 0.2) is 144 Å². The normalized spacial score (nSPS) is 10.4. The predicted octanol–water partition coefficient (Wildman–Crippen LogP) is 6.64. The minimum absolute atomic E-state index is 0.00990. The van der Waals surface area contributed by atoms with E-state index in [1.165, 1.54) is 30.3 Å². The van der Waals surface area contributed by atoms with Crippen molar-refractivity contribution in [2.45, 2.75) is 0 Å². The Balaban J connectivity index is 0.000000192. The second-order valence-corrected chi connectivity index (χ2v) is 19.7. The minimum atomic E-state index is -0.911. The molecule has 0 aliphatic heterocycles. The van der Waals surface area contributed by atoms with Gasteiger partial charge in [-0.15, -0.1) is 0 Å². The van der Waals surface area contributed by atoms with E-state index < -0.39 is 167 Å². The summed E-state index contributed by atoms with van der Waals surface area (Å²) < 4.78 is 0. The van der Waals surface area contributed by atoms with E-state index in [0.717, 1.165) is 109 Å². The second-order valence-electron chi connectivity index (χ2n) is 19.7. The van der Waals surface area contributed by atoms with Crippen molar-refractivity contribution in [3.63, 3.8) is 0 Å². The summed E-state index contributed by atoms with van der Waals surface area (Å²) in [5.41, 5.74) is -1.81. The molecule has 0 heterocycles. The standard InChI is InChI=1S/3C13H10O7.C13H10O6.C13H10O5/c14-7-3-11(18)9(16)1-5(7)13(20)6-2-10(17)12(19)4-8(6)15;14-7-1-5(2-8(15)12(7)19)11(18)6-3-9(16)13(20)10(17)4-6;14-7-3-1-5(10(17)12(7)19)9(16)6-2-4-8(15)13(20)11(6)18;14-8-3-1-6(5-10(8)16)11(17)7-2-4-9(15)13(19)12(7)18;14-9-3-1-7(5-11(9)16)13(18)8-2-4-10(15)12(17)6-8/h1-4,14-19H;1-4,14-17,19-20H;1-4,14-15,17-20H;1-5,14-16,18-19H;1-6,14-17H. The largest absolute Gasteiger partial charge is 0.507 e. The van der Waals surface area contributed by atoms with Crippen molar-refractivity contribution in [2.24, 2.45) is 0 Å². The maximum absolute atomic E-state index is 12.1. The molecule has 32 nitrogen and oxygen atoms in total. The molecule has 97 heavy (non-hydrogen) atoms. The Kier molecular flexibility index (Phi) is 21.3. The third-order valence-corrected chi connectivity index (χ3v) is 13.2. The molecule has 0 aromatic heterocycles. The predicted molar refractivity (Wildman–Crippen MR) is 327 cm³/mol. The molecule has 10 aromatic rings. The van der Waals surface area contributed by atoms with Crippen LogP contribution >= 0.6 is 0 Å². The lowest BCUT2D eigenvalue weighted by atomic mass is 10.0. The Labute approximate surface area is 539 Å². The average molecular weight is 1340 g/mol. The van der Waals surface area contributed by atoms with E-state index in [9.17, 15) is 121 Å². The molecule has 10 aromatic carbocycles. The van der Waals surface area contributed by atoms with Gasteiger partial charge in [0.05, 0.1) is 27.8 Å². The Morgan fingerprint density at radius 3 is 0.649 bits per heavy atom. The molecule has 27 N–H and O–H groups in total. The molecule has 10 rings (SSSR count). The third-order valence-electron chi connectivity index (χ3n) is 13.2. The monoisotopic (exact) mass is 1340 g/mol. The van der Waals surface area contributed by atoms with Gasteiger partial charge in [0.2, 0.25) is 28.8 Å². The highest BCUT2D eigenvalue weighted by Crippen LogP contribution is 2.45. The lowest BCUT2D eigenvalue weighted by molar-refractivity contribution is 0.102. The van der Waals surface area contributed by atoms with Gasteiger partial charge in [-0.25, -0.2) is 0 Å². The van der Waals surface area contributed by atoms with Crippen LogP contribution in [0.3, 0.4) is 0 Å². The third kappa shape index (κ3) is 15.8. The molecule has 0 saturated carbocycles. The van der Waals surface area contributed by atoms with E-state index in [2.05, 4.69) is 0 Å². The molecule has 502 valence electrons. The van der Waals surface area contributed by atoms with Crippen LogP contribution in [0.2, 0.25) is 0 Å². The fraction of sp³-hybridized carbons (Fsp3) is 0. The van der Waals surface area contributed by atoms with Crippen molar-refractivity contribution in [1.29, 1.82) is 0 Å². The highest BCUT2D eigenvalue weighted by Gasteiger charge is 2.26. The molecule has 0 bridgehead atoms. The maximum Gasteiger partial charge on any atom is 0.201 e. The maximum atomic E-state index is 12.1. The van der Waals surface area contributed by atoms with Gasteiger partial charge in [-0.3, -0.25) is 24.0 Å². The number of hydrogen-bond acceptors (Lipinski definition) is 32. The Morgan fingerprint density at radius 2 is 0.361 bits per heavy atom. The summed E-state index contributed by atoms with van der Waals surface area (Å²) in [6, 6.07) is 23.8. The zero-order valence-electron chi connectivity index (χ0n) is 48.4. The summed E-state index contributed by atoms with van der Waals surface area (Å²) in [5, 5.41) is 251. The molecule has 0 amide bonds. The summed E-state index contributed by atoms with van der Waals surface area (Å²) in [6.07, 6.45) is 0. The van der Waals surface area contributed by atoms with E-state index in [-0.39, 0.29) is 72.9 Å². The van der Waals surface area contributed by atoms with Gasteiger partial charge in [0.1, 0.15) is 11.5 Å². The summed E-state index contributed by atoms with van der Waals surface area (Å²) in [6.45, 7) is 0. The Hall–Kier alpha value is -14.9. The minimum Gasteiger partial charge on any atom is -0.507 e. The molecule has 0 fully saturated rings. The number of aromatic hydroxyl groups is 27. The fourth-order valence-electron chi connectivity index (χ4n) is 8.00. The number of carbonyl (C=O) groups excluding carboxylic acids is 5. The zero-order chi connectivity index (χ0) is 72.5. The number of rotatable bonds is 10. The average Bonchev–Trinajstić information content (AvgIpc) is 0.822. The number of ketones is 5. The highest BCUT2D eigenvalue weighted by atomic mass is 16.4. The Bertz CT molecular complexity index is 4500. The van der Waals surface area contributed by atoms with Crippen molar-refractivity contribution >= 4 is 28.9 Å². The van der Waals surface area contributed by atoms with Crippen molar-refractivity contribution in [2.75, 3.05) is 0 Å². The van der Waals surface area contributed by atoms with Crippen LogP contribution < -0.4 is 0 Å². The summed E-state index contributed by atoms with van der Waals surface area (Å²) >= 11 is 0. The van der Waals surface area contributed by atoms with Crippen molar-refractivity contribution in [3.8, 4) is 155 Å². The number of carbonyl (C=O) groups is 5. The molecule has 0 aliphatic carbocycles. The van der Waals surface area contributed by atoms with Crippen molar-refractivity contribution in [3.05, 3.63) is 195 Å². The van der Waals surface area contributed by atoms with Crippen LogP contribution in [0, 0.1) is 0 Å². The van der Waals surface area contributed by atoms with Gasteiger partial charge in [-0.1, -0.05) is 0 Å². The number of phenolic OH excluding ortho intramolecular Hbond substituents is 27. The number of phenols is 27. The van der Waals surface area contributed by atoms with E-state index in [1.807, 2.05) is 0 Å². The topological polar surface area (TPSA) is 632 Å². The summed E-state index contributed by atoms with van der Waals surface area (Å²) in [5.74, 6) is -20.8. The molecule has 0 aliphatic rings. The zero-order valence-corrected chi connectivity index (χ0v) is 48.4. The second kappa shape index (κ2) is 29.0. The van der Waals surface area contributed by atoms with Crippen LogP contribution in [-0.4, -0.2) is 167 Å². The first kappa shape index (κ1) is 71.2. The van der Waals surface area contributed by atoms with Gasteiger partial charge in [0, 0.05) is 39.9 Å². The summed E-state index contributed by atoms with van der Waals surface area (Å²) in [4.78, 5) is 60.3. The first-order valence-electron chi connectivity index (χ1n) is 26.4. The van der Waals surface area contributed by atoms with Crippen LogP contribution in [0.4, 0.5) is 0 Å². The molecule has 0 spiro atoms. The number of benzene rings is 10. The van der Waals surface area contributed by atoms with Crippen molar-refractivity contribution in [1.82, 2.24) is 0 Å². The molecule has 0 saturated heterocycles. The Morgan fingerprint density at radius 1 is 0.144 bits per heavy atom. The van der Waals surface area contributed by atoms with Crippen molar-refractivity contribution < 1.29 is 162 Å². The lowest BCUT2D eigenvalue weighted by Gasteiger charge is -2.09. The molecule has 0 atom stereocenters. The van der Waals surface area contributed by atoms with Crippen LogP contribution in [-0.2, 0) is 0 Å². The van der Waals surface area contributed by atoms with Gasteiger partial charge in [-0.2, -0.15) is 0 Å². The highest BCUT2D eigenvalue weighted by molar-refractivity contribution is 6.15. The van der Waals surface area contributed by atoms with Gasteiger partial charge in [0.25, 0.3) is 0 Å². The van der Waals surface area contributed by atoms with Gasteiger partial charge in [-0.05, 0) is 127 Å². The van der Waals surface area contributed by atoms with E-state index in [0.29, 0.717) is 0 Å². The molecule has 0 unspecified atom stereocenters. The quantitative estimate of drug-likeness (QED) is 0.0387. The fourth-order valence-corrected chi connectivity index (χ4v) is 8.00. The lowest BCUT2D eigenvalue weighted by Crippen LogP contribution is -2.02. The van der Waals surface area contributed by atoms with Gasteiger partial charge < -0.3 is 138 Å². The molecular formula is C65H50O32. The van der Waals surface area contributed by atoms with Crippen LogP contribution in [0.15, 0.2) is 140 Å². The molecule has 0 radical (unpaired) electrons. The van der Waals surface area contributed by atoms with Gasteiger partial charge >= 0.3 is 0 Å². The molecule has 32 heteroatoms. The van der Waals surface area contributed by atoms with E-state index >= 15 is 0 Å². The first-order chi connectivity index (χ1) is 45.4.